The number of hydrogen-bond donors (Lipinski definition) is 0. The number of hydrogen-bond acceptors (Lipinski definition) is 3. The number of benzene rings is 5. The number of nitrogens with zero attached hydrogens (tertiary/aromatic N) is 2. The molecule has 1 aromatic heterocycles. The average molecular weight is 941 g/mol. The predicted molar refractivity (Wildman–Crippen MR) is 303 cm³/mol. The fourth-order valence-corrected chi connectivity index (χ4v) is 17.6. The van der Waals surface area contributed by atoms with Crippen LogP contribution in [0.2, 0.25) is 0 Å². The van der Waals surface area contributed by atoms with Crippen LogP contribution in [0.5, 0.6) is 0 Å². The maximum atomic E-state index is 2.84. The van der Waals surface area contributed by atoms with Gasteiger partial charge >= 0.3 is 0 Å². The molecule has 7 aliphatic rings. The number of rotatable bonds is 3. The van der Waals surface area contributed by atoms with Gasteiger partial charge in [0, 0.05) is 33.2 Å². The molecule has 0 amide bonds. The number of thiophene rings is 1. The lowest BCUT2D eigenvalue weighted by molar-refractivity contribution is 0.332. The van der Waals surface area contributed by atoms with E-state index in [4.69, 9.17) is 0 Å². The topological polar surface area (TPSA) is 6.48 Å². The molecule has 2 atom stereocenters. The summed E-state index contributed by atoms with van der Waals surface area (Å²) >= 11 is 2.14. The average Bonchev–Trinajstić information content (AvgIpc) is 3.94. The quantitative estimate of drug-likeness (QED) is 0.163. The first-order valence-corrected chi connectivity index (χ1v) is 28.1. The van der Waals surface area contributed by atoms with Crippen molar-refractivity contribution in [3.63, 3.8) is 0 Å². The second-order valence-corrected chi connectivity index (χ2v) is 29.4. The molecule has 1 fully saturated rings. The van der Waals surface area contributed by atoms with Crippen molar-refractivity contribution in [2.45, 2.75) is 205 Å². The Kier molecular flexibility index (Phi) is 9.03. The van der Waals surface area contributed by atoms with E-state index in [0.29, 0.717) is 0 Å². The Labute approximate surface area is 425 Å². The van der Waals surface area contributed by atoms with E-state index in [9.17, 15) is 0 Å². The van der Waals surface area contributed by atoms with Crippen LogP contribution in [0.25, 0.3) is 11.1 Å². The molecule has 2 aliphatic heterocycles. The maximum absolute atomic E-state index is 2.84. The van der Waals surface area contributed by atoms with E-state index in [2.05, 4.69) is 210 Å². The summed E-state index contributed by atoms with van der Waals surface area (Å²) in [5.41, 5.74) is 27.2. The SMILES string of the molecule is Cc1cc2c3c(c1)N(c1cc4c(cc1-c1ccccc1)C(C)(C)CCC4(C)C)c1sc4c(c1B3c1cc3c(cc1N2c1ccc2c(c1)C(C)(C)CCC2(C)C)C1(C)CCC3(C)C1)C(C)(C)CCC4(C)C. The molecule has 70 heavy (non-hydrogen) atoms. The second-order valence-electron chi connectivity index (χ2n) is 28.4. The lowest BCUT2D eigenvalue weighted by Crippen LogP contribution is -2.63. The highest BCUT2D eigenvalue weighted by Crippen LogP contribution is 2.63. The summed E-state index contributed by atoms with van der Waals surface area (Å²) in [5.74, 6) is 0. The summed E-state index contributed by atoms with van der Waals surface area (Å²) in [4.78, 5) is 7.22. The molecule has 2 bridgehead atoms. The summed E-state index contributed by atoms with van der Waals surface area (Å²) in [6.07, 6.45) is 11.0. The molecule has 0 spiro atoms. The van der Waals surface area contributed by atoms with Crippen LogP contribution in [0.1, 0.15) is 204 Å². The summed E-state index contributed by atoms with van der Waals surface area (Å²) in [6, 6.07) is 35.1. The van der Waals surface area contributed by atoms with Gasteiger partial charge in [0.2, 0.25) is 0 Å². The van der Waals surface area contributed by atoms with Crippen molar-refractivity contribution in [1.29, 1.82) is 0 Å². The third-order valence-electron chi connectivity index (χ3n) is 20.6. The van der Waals surface area contributed by atoms with E-state index >= 15 is 0 Å². The molecular formula is C66H77BN2S. The van der Waals surface area contributed by atoms with Crippen LogP contribution < -0.4 is 26.2 Å². The highest BCUT2D eigenvalue weighted by molar-refractivity contribution is 7.20. The monoisotopic (exact) mass is 941 g/mol. The predicted octanol–water partition coefficient (Wildman–Crippen LogP) is 16.6. The number of aryl methyl sites for hydroxylation is 1. The van der Waals surface area contributed by atoms with Gasteiger partial charge in [-0.05, 0) is 217 Å². The van der Waals surface area contributed by atoms with Crippen molar-refractivity contribution >= 4 is 67.9 Å². The normalized spacial score (nSPS) is 25.8. The first kappa shape index (κ1) is 45.3. The Balaban J connectivity index is 1.18. The molecule has 4 heteroatoms. The van der Waals surface area contributed by atoms with Crippen molar-refractivity contribution in [2.24, 2.45) is 0 Å². The fourth-order valence-electron chi connectivity index (χ4n) is 15.9. The minimum atomic E-state index is 0.0243. The highest BCUT2D eigenvalue weighted by atomic mass is 32.1. The second kappa shape index (κ2) is 13.9. The van der Waals surface area contributed by atoms with Crippen molar-refractivity contribution in [1.82, 2.24) is 0 Å². The Bertz CT molecular complexity index is 3270. The molecule has 2 nitrogen and oxygen atoms in total. The zero-order valence-corrected chi connectivity index (χ0v) is 46.1. The third-order valence-corrected chi connectivity index (χ3v) is 22.1. The maximum Gasteiger partial charge on any atom is 0.253 e. The van der Waals surface area contributed by atoms with Crippen LogP contribution in [0.15, 0.2) is 84.9 Å². The highest BCUT2D eigenvalue weighted by Gasteiger charge is 2.57. The van der Waals surface area contributed by atoms with Crippen LogP contribution in [-0.2, 0) is 43.3 Å². The minimum absolute atomic E-state index is 0.0243. The lowest BCUT2D eigenvalue weighted by atomic mass is 9.32. The fraction of sp³-hybridized carbons (Fsp3) is 0.485. The number of anilines is 6. The first-order chi connectivity index (χ1) is 32.8. The van der Waals surface area contributed by atoms with Crippen molar-refractivity contribution in [3.8, 4) is 11.1 Å². The molecule has 1 saturated carbocycles. The van der Waals surface area contributed by atoms with Crippen molar-refractivity contribution < 1.29 is 0 Å². The minimum Gasteiger partial charge on any atom is -0.311 e. The molecule has 6 aromatic rings. The van der Waals surface area contributed by atoms with Crippen LogP contribution in [-0.4, -0.2) is 6.71 Å². The van der Waals surface area contributed by atoms with Crippen LogP contribution >= 0.6 is 11.3 Å². The number of fused-ring (bicyclic) bond motifs is 13. The van der Waals surface area contributed by atoms with Gasteiger partial charge < -0.3 is 9.80 Å². The van der Waals surface area contributed by atoms with Gasteiger partial charge in [0.05, 0.1) is 10.7 Å². The Morgan fingerprint density at radius 2 is 0.971 bits per heavy atom. The first-order valence-electron chi connectivity index (χ1n) is 27.3. The molecule has 0 saturated heterocycles. The molecule has 2 unspecified atom stereocenters. The van der Waals surface area contributed by atoms with Gasteiger partial charge in [0.15, 0.2) is 0 Å². The van der Waals surface area contributed by atoms with E-state index in [1.54, 1.807) is 27.0 Å². The van der Waals surface area contributed by atoms with E-state index in [-0.39, 0.29) is 50.0 Å². The molecule has 360 valence electrons. The molecule has 0 N–H and O–H groups in total. The molecule has 3 heterocycles. The van der Waals surface area contributed by atoms with E-state index in [1.807, 2.05) is 0 Å². The van der Waals surface area contributed by atoms with Gasteiger partial charge in [0.1, 0.15) is 0 Å². The van der Waals surface area contributed by atoms with Crippen LogP contribution in [0.4, 0.5) is 33.4 Å². The molecule has 0 radical (unpaired) electrons. The largest absolute Gasteiger partial charge is 0.311 e. The van der Waals surface area contributed by atoms with Gasteiger partial charge in [-0.3, -0.25) is 0 Å². The summed E-state index contributed by atoms with van der Waals surface area (Å²) in [5, 5.41) is 1.45. The van der Waals surface area contributed by atoms with Crippen molar-refractivity contribution in [2.75, 3.05) is 9.80 Å². The zero-order valence-electron chi connectivity index (χ0n) is 45.3. The Morgan fingerprint density at radius 1 is 0.443 bits per heavy atom. The molecule has 13 rings (SSSR count). The van der Waals surface area contributed by atoms with Gasteiger partial charge in [-0.2, -0.15) is 0 Å². The standard InChI is InChI=1S/C66H77BN2S/c1-39-31-52-55-53(32-39)69(50-36-46-45(61(6,7)25-26-62(46,8)9)34-42(50)40-19-17-16-18-20-40)58-56(54-57(70-58)64(12,13)28-27-63(54,10)11)67(55)49-35-47-48(66(15)30-29-65(47,14)38-66)37-51(49)68(52)41-21-22-43-44(33-41)60(4,5)24-23-59(43,2)3/h16-22,31-37H,23-30,38H2,1-15H3. The molecule has 5 aromatic carbocycles. The van der Waals surface area contributed by atoms with E-state index < -0.39 is 0 Å². The third kappa shape index (κ3) is 6.04. The van der Waals surface area contributed by atoms with Crippen molar-refractivity contribution in [3.05, 3.63) is 134 Å². The lowest BCUT2D eigenvalue weighted by Gasteiger charge is -2.47. The van der Waals surface area contributed by atoms with E-state index in [0.717, 1.165) is 0 Å². The van der Waals surface area contributed by atoms with Gasteiger partial charge in [-0.1, -0.05) is 139 Å². The smallest absolute Gasteiger partial charge is 0.253 e. The van der Waals surface area contributed by atoms with Gasteiger partial charge in [-0.15, -0.1) is 11.3 Å². The van der Waals surface area contributed by atoms with Gasteiger partial charge in [0.25, 0.3) is 6.71 Å². The molecule has 5 aliphatic carbocycles. The zero-order chi connectivity index (χ0) is 49.2. The Morgan fingerprint density at radius 3 is 1.61 bits per heavy atom. The van der Waals surface area contributed by atoms with Gasteiger partial charge in [-0.25, -0.2) is 0 Å². The molecular weight excluding hydrogens is 864 g/mol. The summed E-state index contributed by atoms with van der Waals surface area (Å²) < 4.78 is 0. The van der Waals surface area contributed by atoms with Crippen LogP contribution in [0.3, 0.4) is 0 Å². The van der Waals surface area contributed by atoms with E-state index in [1.165, 1.54) is 141 Å². The summed E-state index contributed by atoms with van der Waals surface area (Å²) in [7, 11) is 0. The Hall–Kier alpha value is -4.54. The summed E-state index contributed by atoms with van der Waals surface area (Å²) in [6.45, 7) is 37.9. The van der Waals surface area contributed by atoms with Crippen LogP contribution in [0, 0.1) is 6.92 Å².